The summed E-state index contributed by atoms with van der Waals surface area (Å²) in [5, 5.41) is 0. The standard InChI is InChI=1S/C23H38O2/c1-15(2)23-14-12-18-17(19(23)10-11-20(23)21(24)25-4)9-8-16-7-5-6-13-22(16,18)3/h15-20H,5-14H2,1-4H3/t16?,17-,18+,19+,20-,22+,23-/m1/s1. The van der Waals surface area contributed by atoms with Gasteiger partial charge in [-0.05, 0) is 91.8 Å². The average Bonchev–Trinajstić information content (AvgIpc) is 3.01. The molecule has 0 aromatic carbocycles. The third-order valence-corrected chi connectivity index (χ3v) is 9.73. The van der Waals surface area contributed by atoms with Crippen molar-refractivity contribution in [2.24, 2.45) is 46.3 Å². The van der Waals surface area contributed by atoms with E-state index in [1.807, 2.05) is 0 Å². The molecule has 0 radical (unpaired) electrons. The van der Waals surface area contributed by atoms with E-state index in [1.54, 1.807) is 7.11 Å². The summed E-state index contributed by atoms with van der Waals surface area (Å²) < 4.78 is 5.26. The van der Waals surface area contributed by atoms with Crippen LogP contribution in [0.25, 0.3) is 0 Å². The molecular formula is C23H38O2. The molecule has 4 saturated carbocycles. The molecule has 0 aliphatic heterocycles. The van der Waals surface area contributed by atoms with Crippen LogP contribution in [0.1, 0.15) is 85.0 Å². The second-order valence-electron chi connectivity index (χ2n) is 10.4. The molecule has 25 heavy (non-hydrogen) atoms. The Balaban J connectivity index is 1.67. The fraction of sp³-hybridized carbons (Fsp3) is 0.957. The van der Waals surface area contributed by atoms with Crippen LogP contribution < -0.4 is 0 Å². The largest absolute Gasteiger partial charge is 0.469 e. The molecule has 2 nitrogen and oxygen atoms in total. The van der Waals surface area contributed by atoms with Crippen molar-refractivity contribution in [1.29, 1.82) is 0 Å². The molecule has 1 unspecified atom stereocenters. The van der Waals surface area contributed by atoms with Gasteiger partial charge in [-0.1, -0.05) is 33.6 Å². The minimum absolute atomic E-state index is 0.0761. The van der Waals surface area contributed by atoms with Crippen molar-refractivity contribution in [3.05, 3.63) is 0 Å². The molecule has 4 rings (SSSR count). The zero-order chi connectivity index (χ0) is 17.8. The minimum Gasteiger partial charge on any atom is -0.469 e. The first-order chi connectivity index (χ1) is 11.9. The van der Waals surface area contributed by atoms with Gasteiger partial charge in [-0.25, -0.2) is 0 Å². The summed E-state index contributed by atoms with van der Waals surface area (Å²) in [6.07, 6.45) is 13.7. The summed E-state index contributed by atoms with van der Waals surface area (Å²) in [5.74, 6) is 4.33. The fourth-order valence-corrected chi connectivity index (χ4v) is 8.62. The van der Waals surface area contributed by atoms with Crippen molar-refractivity contribution in [1.82, 2.24) is 0 Å². The molecule has 2 heteroatoms. The third kappa shape index (κ3) is 2.38. The maximum absolute atomic E-state index is 12.6. The van der Waals surface area contributed by atoms with Crippen molar-refractivity contribution in [3.8, 4) is 0 Å². The Bertz CT molecular complexity index is 526. The maximum atomic E-state index is 12.6. The topological polar surface area (TPSA) is 26.3 Å². The van der Waals surface area contributed by atoms with Gasteiger partial charge >= 0.3 is 5.97 Å². The van der Waals surface area contributed by atoms with Gasteiger partial charge in [-0.3, -0.25) is 4.79 Å². The third-order valence-electron chi connectivity index (χ3n) is 9.73. The zero-order valence-electron chi connectivity index (χ0n) is 16.9. The molecule has 0 bridgehead atoms. The minimum atomic E-state index is 0.0761. The Hall–Kier alpha value is -0.530. The SMILES string of the molecule is COC(=O)[C@H]1CC[C@H]2[C@@H]3CCC4CCCC[C@]4(C)[C@H]3CC[C@]12C(C)C. The Labute approximate surface area is 154 Å². The lowest BCUT2D eigenvalue weighted by atomic mass is 9.43. The van der Waals surface area contributed by atoms with E-state index in [-0.39, 0.29) is 17.3 Å². The van der Waals surface area contributed by atoms with Crippen molar-refractivity contribution in [2.45, 2.75) is 85.0 Å². The lowest BCUT2D eigenvalue weighted by molar-refractivity contribution is -0.162. The van der Waals surface area contributed by atoms with E-state index in [1.165, 1.54) is 57.8 Å². The molecule has 0 aromatic heterocycles. The lowest BCUT2D eigenvalue weighted by Crippen LogP contribution is -2.55. The summed E-state index contributed by atoms with van der Waals surface area (Å²) >= 11 is 0. The molecule has 0 spiro atoms. The number of esters is 1. The Morgan fingerprint density at radius 1 is 0.960 bits per heavy atom. The highest BCUT2D eigenvalue weighted by molar-refractivity contribution is 5.74. The van der Waals surface area contributed by atoms with Crippen LogP contribution in [0.5, 0.6) is 0 Å². The quantitative estimate of drug-likeness (QED) is 0.587. The van der Waals surface area contributed by atoms with E-state index < -0.39 is 0 Å². The van der Waals surface area contributed by atoms with Gasteiger partial charge in [0, 0.05) is 0 Å². The molecular weight excluding hydrogens is 308 g/mol. The van der Waals surface area contributed by atoms with Crippen LogP contribution >= 0.6 is 0 Å². The molecule has 0 N–H and O–H groups in total. The average molecular weight is 347 g/mol. The zero-order valence-corrected chi connectivity index (χ0v) is 16.9. The van der Waals surface area contributed by atoms with Gasteiger partial charge in [-0.2, -0.15) is 0 Å². The van der Waals surface area contributed by atoms with E-state index in [0.717, 1.165) is 30.1 Å². The fourth-order valence-electron chi connectivity index (χ4n) is 8.62. The van der Waals surface area contributed by atoms with Crippen molar-refractivity contribution < 1.29 is 9.53 Å². The van der Waals surface area contributed by atoms with Crippen molar-refractivity contribution >= 4 is 5.97 Å². The van der Waals surface area contributed by atoms with Crippen molar-refractivity contribution in [2.75, 3.05) is 7.11 Å². The number of hydrogen-bond acceptors (Lipinski definition) is 2. The van der Waals surface area contributed by atoms with Crippen LogP contribution in [-0.4, -0.2) is 13.1 Å². The van der Waals surface area contributed by atoms with Gasteiger partial charge in [0.05, 0.1) is 13.0 Å². The summed E-state index contributed by atoms with van der Waals surface area (Å²) in [5.41, 5.74) is 0.805. The monoisotopic (exact) mass is 346 g/mol. The first-order valence-corrected chi connectivity index (χ1v) is 11.0. The van der Waals surface area contributed by atoms with Gasteiger partial charge in [-0.15, -0.1) is 0 Å². The number of carbonyl (C=O) groups excluding carboxylic acids is 1. The maximum Gasteiger partial charge on any atom is 0.309 e. The summed E-state index contributed by atoms with van der Waals surface area (Å²) in [4.78, 5) is 12.6. The van der Waals surface area contributed by atoms with Crippen molar-refractivity contribution in [3.63, 3.8) is 0 Å². The molecule has 142 valence electrons. The van der Waals surface area contributed by atoms with Crippen LogP contribution in [0.2, 0.25) is 0 Å². The van der Waals surface area contributed by atoms with Crippen LogP contribution in [-0.2, 0) is 9.53 Å². The molecule has 0 heterocycles. The van der Waals surface area contributed by atoms with E-state index in [2.05, 4.69) is 20.8 Å². The molecule has 0 saturated heterocycles. The molecule has 4 fully saturated rings. The van der Waals surface area contributed by atoms with Gasteiger partial charge < -0.3 is 4.74 Å². The number of methoxy groups -OCH3 is 1. The molecule has 4 aliphatic rings. The first-order valence-electron chi connectivity index (χ1n) is 11.0. The van der Waals surface area contributed by atoms with Crippen LogP contribution in [0, 0.1) is 46.3 Å². The normalized spacial score (nSPS) is 49.2. The molecule has 4 aliphatic carbocycles. The highest BCUT2D eigenvalue weighted by atomic mass is 16.5. The number of carbonyl (C=O) groups is 1. The Morgan fingerprint density at radius 2 is 1.76 bits per heavy atom. The van der Waals surface area contributed by atoms with Gasteiger partial charge in [0.2, 0.25) is 0 Å². The predicted molar refractivity (Wildman–Crippen MR) is 101 cm³/mol. The Morgan fingerprint density at radius 3 is 2.48 bits per heavy atom. The molecule has 7 atom stereocenters. The second kappa shape index (κ2) is 6.27. The van der Waals surface area contributed by atoms with Gasteiger partial charge in [0.25, 0.3) is 0 Å². The van der Waals surface area contributed by atoms with E-state index in [0.29, 0.717) is 11.3 Å². The molecule has 0 amide bonds. The smallest absolute Gasteiger partial charge is 0.309 e. The lowest BCUT2D eigenvalue weighted by Gasteiger charge is -2.61. The number of ether oxygens (including phenoxy) is 1. The van der Waals surface area contributed by atoms with Crippen LogP contribution in [0.15, 0.2) is 0 Å². The van der Waals surface area contributed by atoms with E-state index >= 15 is 0 Å². The van der Waals surface area contributed by atoms with Gasteiger partial charge in [0.1, 0.15) is 0 Å². The van der Waals surface area contributed by atoms with E-state index in [9.17, 15) is 4.79 Å². The summed E-state index contributed by atoms with van der Waals surface area (Å²) in [7, 11) is 1.59. The first kappa shape index (κ1) is 17.9. The Kier molecular flexibility index (Phi) is 4.48. The second-order valence-corrected chi connectivity index (χ2v) is 10.4. The summed E-state index contributed by atoms with van der Waals surface area (Å²) in [6, 6.07) is 0. The van der Waals surface area contributed by atoms with Crippen LogP contribution in [0.4, 0.5) is 0 Å². The van der Waals surface area contributed by atoms with Gasteiger partial charge in [0.15, 0.2) is 0 Å². The molecule has 0 aromatic rings. The van der Waals surface area contributed by atoms with Crippen LogP contribution in [0.3, 0.4) is 0 Å². The predicted octanol–water partition coefficient (Wildman–Crippen LogP) is 5.84. The summed E-state index contributed by atoms with van der Waals surface area (Å²) in [6.45, 7) is 7.40. The highest BCUT2D eigenvalue weighted by Gasteiger charge is 2.63. The van der Waals surface area contributed by atoms with E-state index in [4.69, 9.17) is 4.74 Å². The number of hydrogen-bond donors (Lipinski definition) is 0. The number of rotatable bonds is 2. The highest BCUT2D eigenvalue weighted by Crippen LogP contribution is 2.69. The number of fused-ring (bicyclic) bond motifs is 5.